The molecule has 0 saturated heterocycles. The third-order valence-corrected chi connectivity index (χ3v) is 3.81. The van der Waals surface area contributed by atoms with E-state index < -0.39 is 4.92 Å². The van der Waals surface area contributed by atoms with E-state index in [0.29, 0.717) is 17.0 Å². The van der Waals surface area contributed by atoms with E-state index in [4.69, 9.17) is 4.74 Å². The lowest BCUT2D eigenvalue weighted by atomic mass is 10.2. The van der Waals surface area contributed by atoms with Crippen LogP contribution in [0, 0.1) is 10.1 Å². The first kappa shape index (κ1) is 16.4. The maximum atomic E-state index is 11.7. The van der Waals surface area contributed by atoms with Gasteiger partial charge in [0, 0.05) is 11.6 Å². The summed E-state index contributed by atoms with van der Waals surface area (Å²) in [5.41, 5.74) is 0.924. The number of nitrogens with one attached hydrogen (secondary N) is 1. The molecule has 0 radical (unpaired) electrons. The molecule has 0 atom stereocenters. The number of nitro groups is 1. The first-order valence-electron chi connectivity index (χ1n) is 8.05. The van der Waals surface area contributed by atoms with Crippen LogP contribution in [-0.2, 0) is 0 Å². The van der Waals surface area contributed by atoms with Gasteiger partial charge >= 0.3 is 11.6 Å². The van der Waals surface area contributed by atoms with E-state index in [-0.39, 0.29) is 17.4 Å². The lowest BCUT2D eigenvalue weighted by molar-refractivity contribution is -0.385. The van der Waals surface area contributed by atoms with Crippen LogP contribution in [0.25, 0.3) is 10.9 Å². The highest BCUT2D eigenvalue weighted by Gasteiger charge is 2.25. The van der Waals surface area contributed by atoms with E-state index in [2.05, 4.69) is 20.3 Å². The average Bonchev–Trinajstić information content (AvgIpc) is 2.69. The van der Waals surface area contributed by atoms with Gasteiger partial charge in [-0.2, -0.15) is 4.98 Å². The van der Waals surface area contributed by atoms with E-state index in [0.717, 1.165) is 5.39 Å². The van der Waals surface area contributed by atoms with Crippen molar-refractivity contribution in [3.63, 3.8) is 0 Å². The van der Waals surface area contributed by atoms with Gasteiger partial charge in [-0.3, -0.25) is 15.1 Å². The molecule has 0 amide bonds. The molecule has 2 aromatic heterocycles. The molecular weight excluding hydrogens is 346 g/mol. The number of para-hydroxylation sites is 2. The van der Waals surface area contributed by atoms with Crippen LogP contribution >= 0.6 is 0 Å². The van der Waals surface area contributed by atoms with Gasteiger partial charge < -0.3 is 10.1 Å². The van der Waals surface area contributed by atoms with Crippen LogP contribution in [0.4, 0.5) is 17.2 Å². The predicted molar refractivity (Wildman–Crippen MR) is 100 cm³/mol. The minimum atomic E-state index is -0.570. The fraction of sp³-hybridized carbons (Fsp3) is 0. The smallest absolute Gasteiger partial charge is 0.373 e. The van der Waals surface area contributed by atoms with Gasteiger partial charge in [0.1, 0.15) is 12.1 Å². The van der Waals surface area contributed by atoms with Crippen LogP contribution < -0.4 is 10.1 Å². The Kier molecular flexibility index (Phi) is 4.28. The van der Waals surface area contributed by atoms with Crippen LogP contribution in [0.5, 0.6) is 11.6 Å². The normalized spacial score (nSPS) is 10.5. The van der Waals surface area contributed by atoms with Gasteiger partial charge in [-0.1, -0.05) is 36.4 Å². The maximum absolute atomic E-state index is 11.7. The minimum Gasteiger partial charge on any atom is -0.434 e. The Morgan fingerprint density at radius 1 is 0.926 bits per heavy atom. The first-order valence-corrected chi connectivity index (χ1v) is 8.05. The zero-order valence-electron chi connectivity index (χ0n) is 13.9. The summed E-state index contributed by atoms with van der Waals surface area (Å²) in [4.78, 5) is 23.4. The Morgan fingerprint density at radius 3 is 2.56 bits per heavy atom. The lowest BCUT2D eigenvalue weighted by Gasteiger charge is -2.10. The molecular formula is C19H13N5O3. The summed E-state index contributed by atoms with van der Waals surface area (Å²) in [6, 6.07) is 18.0. The van der Waals surface area contributed by atoms with Crippen molar-refractivity contribution in [2.75, 3.05) is 5.32 Å². The van der Waals surface area contributed by atoms with Crippen molar-refractivity contribution in [1.29, 1.82) is 0 Å². The van der Waals surface area contributed by atoms with Gasteiger partial charge in [0.05, 0.1) is 16.1 Å². The zero-order valence-corrected chi connectivity index (χ0v) is 13.9. The number of aromatic nitrogens is 3. The van der Waals surface area contributed by atoms with Gasteiger partial charge in [-0.05, 0) is 24.3 Å². The van der Waals surface area contributed by atoms with Crippen LogP contribution in [0.1, 0.15) is 0 Å². The molecule has 8 nitrogen and oxygen atoms in total. The van der Waals surface area contributed by atoms with Crippen molar-refractivity contribution in [3.05, 3.63) is 83.3 Å². The Morgan fingerprint density at radius 2 is 1.74 bits per heavy atom. The topological polar surface area (TPSA) is 103 Å². The van der Waals surface area contributed by atoms with Crippen LogP contribution in [0.2, 0.25) is 0 Å². The van der Waals surface area contributed by atoms with Crippen molar-refractivity contribution < 1.29 is 9.66 Å². The van der Waals surface area contributed by atoms with Crippen molar-refractivity contribution >= 4 is 28.1 Å². The van der Waals surface area contributed by atoms with Crippen molar-refractivity contribution in [2.24, 2.45) is 0 Å². The monoisotopic (exact) mass is 359 g/mol. The molecule has 4 rings (SSSR count). The molecule has 0 aliphatic heterocycles. The van der Waals surface area contributed by atoms with E-state index >= 15 is 0 Å². The average molecular weight is 359 g/mol. The number of ether oxygens (including phenoxy) is 1. The SMILES string of the molecule is O=[N+]([O-])c1c(Nc2cccc3cccnc23)ncnc1Oc1ccccc1. The molecule has 8 heteroatoms. The summed E-state index contributed by atoms with van der Waals surface area (Å²) in [5.74, 6) is 0.327. The molecule has 1 N–H and O–H groups in total. The quantitative estimate of drug-likeness (QED) is 0.414. The number of benzene rings is 2. The second-order valence-corrected chi connectivity index (χ2v) is 5.55. The molecule has 0 aliphatic carbocycles. The van der Waals surface area contributed by atoms with Gasteiger partial charge in [-0.25, -0.2) is 4.98 Å². The van der Waals surface area contributed by atoms with Gasteiger partial charge in [0.25, 0.3) is 0 Å². The molecule has 2 aromatic carbocycles. The van der Waals surface area contributed by atoms with Gasteiger partial charge in [0.15, 0.2) is 0 Å². The third-order valence-electron chi connectivity index (χ3n) is 3.81. The summed E-state index contributed by atoms with van der Waals surface area (Å²) in [6.07, 6.45) is 2.87. The Hall–Kier alpha value is -4.07. The summed E-state index contributed by atoms with van der Waals surface area (Å²) in [6.45, 7) is 0. The minimum absolute atomic E-state index is 0.0269. The fourth-order valence-corrected chi connectivity index (χ4v) is 2.63. The highest BCUT2D eigenvalue weighted by molar-refractivity contribution is 5.92. The molecule has 27 heavy (non-hydrogen) atoms. The molecule has 0 saturated carbocycles. The van der Waals surface area contributed by atoms with Crippen molar-refractivity contribution in [2.45, 2.75) is 0 Å². The Labute approximate surface area is 153 Å². The summed E-state index contributed by atoms with van der Waals surface area (Å²) in [7, 11) is 0. The molecule has 0 aliphatic rings. The van der Waals surface area contributed by atoms with Crippen LogP contribution in [0.3, 0.4) is 0 Å². The van der Waals surface area contributed by atoms with E-state index in [1.165, 1.54) is 6.33 Å². The van der Waals surface area contributed by atoms with Crippen molar-refractivity contribution in [3.8, 4) is 11.6 Å². The predicted octanol–water partition coefficient (Wildman–Crippen LogP) is 4.47. The molecule has 132 valence electrons. The summed E-state index contributed by atoms with van der Waals surface area (Å²) >= 11 is 0. The highest BCUT2D eigenvalue weighted by atomic mass is 16.6. The zero-order chi connectivity index (χ0) is 18.6. The fourth-order valence-electron chi connectivity index (χ4n) is 2.63. The molecule has 0 unspecified atom stereocenters. The lowest BCUT2D eigenvalue weighted by Crippen LogP contribution is -2.04. The molecule has 4 aromatic rings. The first-order chi connectivity index (χ1) is 13.2. The van der Waals surface area contributed by atoms with Gasteiger partial charge in [0.2, 0.25) is 5.82 Å². The number of pyridine rings is 1. The second kappa shape index (κ2) is 7.04. The second-order valence-electron chi connectivity index (χ2n) is 5.55. The standard InChI is InChI=1S/C19H13N5O3/c25-24(26)17-18(21-12-22-19(17)27-14-8-2-1-3-9-14)23-15-10-4-6-13-7-5-11-20-16(13)15/h1-12H,(H,21,22,23). The third kappa shape index (κ3) is 3.36. The maximum Gasteiger partial charge on any atom is 0.373 e. The number of fused-ring (bicyclic) bond motifs is 1. The summed E-state index contributed by atoms with van der Waals surface area (Å²) < 4.78 is 5.59. The number of nitrogens with zero attached hydrogens (tertiary/aromatic N) is 4. The van der Waals surface area contributed by atoms with E-state index in [9.17, 15) is 10.1 Å². The molecule has 0 fully saturated rings. The van der Waals surface area contributed by atoms with Crippen molar-refractivity contribution in [1.82, 2.24) is 15.0 Å². The summed E-state index contributed by atoms with van der Waals surface area (Å²) in [5, 5.41) is 15.6. The number of hydrogen-bond donors (Lipinski definition) is 1. The molecule has 2 heterocycles. The van der Waals surface area contributed by atoms with E-state index in [1.54, 1.807) is 36.5 Å². The van der Waals surface area contributed by atoms with Gasteiger partial charge in [-0.15, -0.1) is 0 Å². The van der Waals surface area contributed by atoms with Crippen LogP contribution in [0.15, 0.2) is 73.2 Å². The number of hydrogen-bond acceptors (Lipinski definition) is 7. The number of anilines is 2. The highest BCUT2D eigenvalue weighted by Crippen LogP contribution is 2.36. The number of rotatable bonds is 5. The molecule has 0 bridgehead atoms. The Bertz CT molecular complexity index is 1110. The van der Waals surface area contributed by atoms with Crippen LogP contribution in [-0.4, -0.2) is 19.9 Å². The molecule has 0 spiro atoms. The Balaban J connectivity index is 1.76. The van der Waals surface area contributed by atoms with E-state index in [1.807, 2.05) is 30.3 Å². The largest absolute Gasteiger partial charge is 0.434 e.